The van der Waals surface area contributed by atoms with Crippen molar-refractivity contribution >= 4 is 11.8 Å². The zero-order valence-corrected chi connectivity index (χ0v) is 15.7. The minimum atomic E-state index is -1.04. The first kappa shape index (κ1) is 20.4. The van der Waals surface area contributed by atoms with E-state index in [9.17, 15) is 14.7 Å². The predicted molar refractivity (Wildman–Crippen MR) is 96.2 cm³/mol. The Balaban J connectivity index is 1.84. The van der Waals surface area contributed by atoms with E-state index in [1.54, 1.807) is 24.3 Å². The first-order chi connectivity index (χ1) is 12.3. The van der Waals surface area contributed by atoms with Crippen LogP contribution in [0.2, 0.25) is 0 Å². The van der Waals surface area contributed by atoms with E-state index in [0.29, 0.717) is 25.4 Å². The Labute approximate surface area is 154 Å². The molecular weight excluding hydrogens is 336 g/mol. The second-order valence-electron chi connectivity index (χ2n) is 7.08. The Hall–Kier alpha value is -1.92. The zero-order valence-electron chi connectivity index (χ0n) is 15.7. The quantitative estimate of drug-likeness (QED) is 0.642. The largest absolute Gasteiger partial charge is 0.491 e. The van der Waals surface area contributed by atoms with Crippen molar-refractivity contribution in [1.29, 1.82) is 0 Å². The number of aliphatic carboxylic acids is 1. The van der Waals surface area contributed by atoms with Gasteiger partial charge in [-0.05, 0) is 38.0 Å². The van der Waals surface area contributed by atoms with Gasteiger partial charge in [-0.15, -0.1) is 0 Å². The lowest BCUT2D eigenvalue weighted by Crippen LogP contribution is -2.25. The highest BCUT2D eigenvalue weighted by Gasteiger charge is 2.33. The average Bonchev–Trinajstić information content (AvgIpc) is 2.93. The van der Waals surface area contributed by atoms with E-state index in [0.717, 1.165) is 18.4 Å². The van der Waals surface area contributed by atoms with Crippen molar-refractivity contribution < 1.29 is 28.9 Å². The molecule has 1 heterocycles. The van der Waals surface area contributed by atoms with Gasteiger partial charge in [0.2, 0.25) is 0 Å². The summed E-state index contributed by atoms with van der Waals surface area (Å²) in [5.74, 6) is -2.11. The van der Waals surface area contributed by atoms with Crippen LogP contribution >= 0.6 is 0 Å². The van der Waals surface area contributed by atoms with Crippen LogP contribution in [0, 0.1) is 5.92 Å². The third kappa shape index (κ3) is 6.11. The van der Waals surface area contributed by atoms with Gasteiger partial charge in [0, 0.05) is 6.42 Å². The van der Waals surface area contributed by atoms with Gasteiger partial charge in [0.1, 0.15) is 24.4 Å². The summed E-state index contributed by atoms with van der Waals surface area (Å²) in [7, 11) is 0. The lowest BCUT2D eigenvalue weighted by atomic mass is 9.93. The first-order valence-electron chi connectivity index (χ1n) is 9.09. The number of carboxylic acid groups (broad SMARTS) is 1. The fourth-order valence-corrected chi connectivity index (χ4v) is 2.89. The monoisotopic (exact) mass is 364 g/mol. The van der Waals surface area contributed by atoms with Crippen LogP contribution in [-0.2, 0) is 25.5 Å². The van der Waals surface area contributed by atoms with Crippen LogP contribution in [0.15, 0.2) is 24.3 Å². The first-order valence-corrected chi connectivity index (χ1v) is 9.09. The van der Waals surface area contributed by atoms with E-state index >= 15 is 0 Å². The minimum Gasteiger partial charge on any atom is -0.491 e. The second kappa shape index (κ2) is 9.14. The number of carbonyl (C=O) groups is 2. The minimum absolute atomic E-state index is 0.110. The molecule has 6 nitrogen and oxygen atoms in total. The maximum atomic E-state index is 12.3. The molecule has 26 heavy (non-hydrogen) atoms. The maximum Gasteiger partial charge on any atom is 0.314 e. The lowest BCUT2D eigenvalue weighted by molar-refractivity contribution is -0.146. The molecule has 1 aromatic carbocycles. The van der Waals surface area contributed by atoms with Gasteiger partial charge in [-0.25, -0.2) is 0 Å². The van der Waals surface area contributed by atoms with Gasteiger partial charge in [0.25, 0.3) is 0 Å². The molecule has 0 saturated carbocycles. The summed E-state index contributed by atoms with van der Waals surface area (Å²) < 4.78 is 16.9. The predicted octanol–water partition coefficient (Wildman–Crippen LogP) is 3.22. The van der Waals surface area contributed by atoms with Crippen molar-refractivity contribution in [3.8, 4) is 5.75 Å². The number of unbranched alkanes of at least 4 members (excludes halogenated alkanes) is 1. The molecule has 1 N–H and O–H groups in total. The Morgan fingerprint density at radius 1 is 1.31 bits per heavy atom. The molecule has 0 bridgehead atoms. The van der Waals surface area contributed by atoms with Crippen LogP contribution in [0.3, 0.4) is 0 Å². The topological polar surface area (TPSA) is 82.1 Å². The Kier molecular flexibility index (Phi) is 7.17. The molecule has 6 heteroatoms. The molecule has 1 saturated heterocycles. The van der Waals surface area contributed by atoms with E-state index in [4.69, 9.17) is 14.2 Å². The van der Waals surface area contributed by atoms with Crippen molar-refractivity contribution in [3.05, 3.63) is 29.8 Å². The highest BCUT2D eigenvalue weighted by molar-refractivity contribution is 5.99. The Bertz CT molecular complexity index is 607. The second-order valence-corrected chi connectivity index (χ2v) is 7.08. The van der Waals surface area contributed by atoms with Crippen LogP contribution in [-0.4, -0.2) is 42.0 Å². The van der Waals surface area contributed by atoms with Crippen LogP contribution < -0.4 is 4.74 Å². The molecule has 1 aliphatic rings. The van der Waals surface area contributed by atoms with Gasteiger partial charge < -0.3 is 19.3 Å². The number of ether oxygens (including phenoxy) is 3. The number of Topliss-reactive ketones (excluding diaryl/α,β-unsaturated/α-hetero) is 1. The summed E-state index contributed by atoms with van der Waals surface area (Å²) in [5.41, 5.74) is 0.784. The van der Waals surface area contributed by atoms with E-state index in [1.165, 1.54) is 0 Å². The molecular formula is C20H28O6. The van der Waals surface area contributed by atoms with Gasteiger partial charge >= 0.3 is 5.97 Å². The SMILES string of the molecule is CCCCC(C(=O)O)C(=O)Cc1ccc(OCC2COC(C)(C)O2)cc1. The molecule has 2 atom stereocenters. The third-order valence-electron chi connectivity index (χ3n) is 4.34. The van der Waals surface area contributed by atoms with E-state index in [2.05, 4.69) is 0 Å². The summed E-state index contributed by atoms with van der Waals surface area (Å²) in [4.78, 5) is 23.5. The van der Waals surface area contributed by atoms with Gasteiger partial charge in [-0.2, -0.15) is 0 Å². The van der Waals surface area contributed by atoms with Crippen molar-refractivity contribution in [1.82, 2.24) is 0 Å². The Morgan fingerprint density at radius 3 is 2.54 bits per heavy atom. The molecule has 0 spiro atoms. The molecule has 0 aromatic heterocycles. The number of benzene rings is 1. The average molecular weight is 364 g/mol. The van der Waals surface area contributed by atoms with E-state index < -0.39 is 17.7 Å². The normalized spacial score (nSPS) is 19.9. The van der Waals surface area contributed by atoms with Gasteiger partial charge in [0.15, 0.2) is 11.6 Å². The van der Waals surface area contributed by atoms with Crippen molar-refractivity contribution in [3.63, 3.8) is 0 Å². The highest BCUT2D eigenvalue weighted by atomic mass is 16.7. The zero-order chi connectivity index (χ0) is 19.2. The molecule has 1 aromatic rings. The Morgan fingerprint density at radius 2 is 2.00 bits per heavy atom. The van der Waals surface area contributed by atoms with Crippen molar-refractivity contribution in [2.75, 3.05) is 13.2 Å². The van der Waals surface area contributed by atoms with Crippen LogP contribution in [0.5, 0.6) is 5.75 Å². The number of hydrogen-bond acceptors (Lipinski definition) is 5. The van der Waals surface area contributed by atoms with Gasteiger partial charge in [-0.3, -0.25) is 9.59 Å². The fourth-order valence-electron chi connectivity index (χ4n) is 2.89. The summed E-state index contributed by atoms with van der Waals surface area (Å²) in [5, 5.41) is 9.24. The number of rotatable bonds is 10. The molecule has 0 amide bonds. The van der Waals surface area contributed by atoms with E-state index in [1.807, 2.05) is 20.8 Å². The van der Waals surface area contributed by atoms with Crippen LogP contribution in [0.25, 0.3) is 0 Å². The number of hydrogen-bond donors (Lipinski definition) is 1. The molecule has 0 radical (unpaired) electrons. The smallest absolute Gasteiger partial charge is 0.314 e. The molecule has 144 valence electrons. The highest BCUT2D eigenvalue weighted by Crippen LogP contribution is 2.23. The summed E-state index contributed by atoms with van der Waals surface area (Å²) >= 11 is 0. The number of carboxylic acids is 1. The molecule has 0 aliphatic carbocycles. The number of ketones is 1. The molecule has 1 fully saturated rings. The fraction of sp³-hybridized carbons (Fsp3) is 0.600. The third-order valence-corrected chi connectivity index (χ3v) is 4.34. The summed E-state index contributed by atoms with van der Waals surface area (Å²) in [6.45, 7) is 6.59. The molecule has 1 aliphatic heterocycles. The molecule has 2 rings (SSSR count). The standard InChI is InChI=1S/C20H28O6/c1-4-5-6-17(19(22)23)18(21)11-14-7-9-15(10-8-14)24-12-16-13-25-20(2,3)26-16/h7-10,16-17H,4-6,11-13H2,1-3H3,(H,22,23). The van der Waals surface area contributed by atoms with Gasteiger partial charge in [0.05, 0.1) is 6.61 Å². The number of carbonyl (C=O) groups excluding carboxylic acids is 1. The van der Waals surface area contributed by atoms with Crippen LogP contribution in [0.4, 0.5) is 0 Å². The van der Waals surface area contributed by atoms with E-state index in [-0.39, 0.29) is 18.3 Å². The lowest BCUT2D eigenvalue weighted by Gasteiger charge is -2.17. The van der Waals surface area contributed by atoms with Crippen molar-refractivity contribution in [2.24, 2.45) is 5.92 Å². The van der Waals surface area contributed by atoms with Crippen LogP contribution in [0.1, 0.15) is 45.6 Å². The summed E-state index contributed by atoms with van der Waals surface area (Å²) in [6, 6.07) is 7.15. The van der Waals surface area contributed by atoms with Crippen molar-refractivity contribution in [2.45, 2.75) is 58.3 Å². The maximum absolute atomic E-state index is 12.3. The molecule has 2 unspecified atom stereocenters. The van der Waals surface area contributed by atoms with Gasteiger partial charge in [-0.1, -0.05) is 31.9 Å². The summed E-state index contributed by atoms with van der Waals surface area (Å²) in [6.07, 6.45) is 2.01.